The smallest absolute Gasteiger partial charge is 0.325 e. The minimum atomic E-state index is -0.659. The van der Waals surface area contributed by atoms with Crippen molar-refractivity contribution in [1.82, 2.24) is 10.2 Å². The highest BCUT2D eigenvalue weighted by atomic mass is 16.5. The third-order valence-electron chi connectivity index (χ3n) is 4.71. The maximum atomic E-state index is 12.3. The van der Waals surface area contributed by atoms with Crippen molar-refractivity contribution in [1.29, 1.82) is 0 Å². The summed E-state index contributed by atoms with van der Waals surface area (Å²) in [6, 6.07) is 22.6. The van der Waals surface area contributed by atoms with Crippen LogP contribution in [0.15, 0.2) is 72.8 Å². The predicted molar refractivity (Wildman–Crippen MR) is 115 cm³/mol. The Hall–Kier alpha value is -3.67. The van der Waals surface area contributed by atoms with Crippen LogP contribution in [0.1, 0.15) is 22.8 Å². The molecule has 0 aromatic heterocycles. The lowest BCUT2D eigenvalue weighted by Crippen LogP contribution is -2.36. The van der Waals surface area contributed by atoms with Gasteiger partial charge in [-0.3, -0.25) is 14.4 Å². The highest BCUT2D eigenvalue weighted by Crippen LogP contribution is 2.15. The number of ether oxygens (including phenoxy) is 1. The van der Waals surface area contributed by atoms with E-state index in [4.69, 9.17) is 4.74 Å². The molecule has 6 heteroatoms. The van der Waals surface area contributed by atoms with Crippen LogP contribution in [0.4, 0.5) is 0 Å². The number of likely N-dealkylation sites (N-methyl/N-ethyl adjacent to an activating group) is 1. The SMILES string of the molecule is CCN(Cc1ccccc1)C(=O)COC(=O)CNC(=O)c1ccc2ccccc2c1. The monoisotopic (exact) mass is 404 g/mol. The first kappa shape index (κ1) is 21.0. The maximum Gasteiger partial charge on any atom is 0.325 e. The van der Waals surface area contributed by atoms with Crippen molar-refractivity contribution in [2.24, 2.45) is 0 Å². The van der Waals surface area contributed by atoms with Gasteiger partial charge in [-0.15, -0.1) is 0 Å². The van der Waals surface area contributed by atoms with E-state index < -0.39 is 5.97 Å². The van der Waals surface area contributed by atoms with Gasteiger partial charge in [0.2, 0.25) is 0 Å². The summed E-state index contributed by atoms with van der Waals surface area (Å²) in [5.74, 6) is -1.31. The Labute approximate surface area is 175 Å². The van der Waals surface area contributed by atoms with Crippen LogP contribution in [-0.2, 0) is 20.9 Å². The number of benzene rings is 3. The van der Waals surface area contributed by atoms with Gasteiger partial charge in [0.25, 0.3) is 11.8 Å². The van der Waals surface area contributed by atoms with Gasteiger partial charge in [-0.25, -0.2) is 0 Å². The topological polar surface area (TPSA) is 75.7 Å². The van der Waals surface area contributed by atoms with Crippen LogP contribution < -0.4 is 5.32 Å². The molecule has 3 aromatic carbocycles. The number of rotatable bonds is 8. The molecule has 0 unspecified atom stereocenters. The highest BCUT2D eigenvalue weighted by Gasteiger charge is 2.15. The standard InChI is InChI=1S/C24H24N2O4/c1-2-26(16-18-8-4-3-5-9-18)22(27)17-30-23(28)15-25-24(29)21-13-12-19-10-6-7-11-20(19)14-21/h3-14H,2,15-17H2,1H3,(H,25,29). The van der Waals surface area contributed by atoms with Crippen LogP contribution in [0.2, 0.25) is 0 Å². The number of fused-ring (bicyclic) bond motifs is 1. The Morgan fingerprint density at radius 2 is 1.60 bits per heavy atom. The minimum absolute atomic E-state index is 0.282. The van der Waals surface area contributed by atoms with Crippen molar-refractivity contribution >= 4 is 28.6 Å². The van der Waals surface area contributed by atoms with E-state index in [0.29, 0.717) is 18.7 Å². The molecule has 0 spiro atoms. The normalized spacial score (nSPS) is 10.4. The van der Waals surface area contributed by atoms with Crippen molar-refractivity contribution in [3.05, 3.63) is 83.9 Å². The van der Waals surface area contributed by atoms with Gasteiger partial charge in [0.15, 0.2) is 6.61 Å². The lowest BCUT2D eigenvalue weighted by Gasteiger charge is -2.20. The Kier molecular flexibility index (Phi) is 7.16. The van der Waals surface area contributed by atoms with Crippen molar-refractivity contribution in [2.75, 3.05) is 19.7 Å². The van der Waals surface area contributed by atoms with Crippen molar-refractivity contribution in [3.63, 3.8) is 0 Å². The van der Waals surface area contributed by atoms with E-state index in [2.05, 4.69) is 5.32 Å². The zero-order chi connectivity index (χ0) is 21.3. The van der Waals surface area contributed by atoms with Gasteiger partial charge in [0.05, 0.1) is 0 Å². The van der Waals surface area contributed by atoms with Gasteiger partial charge in [0.1, 0.15) is 6.54 Å². The van der Waals surface area contributed by atoms with Gasteiger partial charge in [0, 0.05) is 18.7 Å². The van der Waals surface area contributed by atoms with Crippen LogP contribution >= 0.6 is 0 Å². The molecule has 0 aliphatic rings. The molecule has 0 heterocycles. The summed E-state index contributed by atoms with van der Waals surface area (Å²) < 4.78 is 5.04. The molecule has 2 amide bonds. The zero-order valence-electron chi connectivity index (χ0n) is 16.8. The second-order valence-corrected chi connectivity index (χ2v) is 6.80. The Morgan fingerprint density at radius 3 is 2.33 bits per heavy atom. The van der Waals surface area contributed by atoms with E-state index in [1.165, 1.54) is 0 Å². The van der Waals surface area contributed by atoms with Gasteiger partial charge >= 0.3 is 5.97 Å². The number of carbonyl (C=O) groups is 3. The minimum Gasteiger partial charge on any atom is -0.454 e. The Morgan fingerprint density at radius 1 is 0.900 bits per heavy atom. The van der Waals surface area contributed by atoms with Crippen LogP contribution in [0.5, 0.6) is 0 Å². The molecule has 30 heavy (non-hydrogen) atoms. The van der Waals surface area contributed by atoms with Gasteiger partial charge in [-0.1, -0.05) is 60.7 Å². The number of carbonyl (C=O) groups excluding carboxylic acids is 3. The zero-order valence-corrected chi connectivity index (χ0v) is 16.8. The molecule has 0 aliphatic carbocycles. The maximum absolute atomic E-state index is 12.3. The van der Waals surface area contributed by atoms with E-state index >= 15 is 0 Å². The van der Waals surface area contributed by atoms with Crippen LogP contribution in [0.25, 0.3) is 10.8 Å². The summed E-state index contributed by atoms with van der Waals surface area (Å²) in [7, 11) is 0. The van der Waals surface area contributed by atoms with Crippen molar-refractivity contribution in [2.45, 2.75) is 13.5 Å². The van der Waals surface area contributed by atoms with Crippen LogP contribution in [0.3, 0.4) is 0 Å². The van der Waals surface area contributed by atoms with E-state index in [1.54, 1.807) is 17.0 Å². The fraction of sp³-hybridized carbons (Fsp3) is 0.208. The van der Waals surface area contributed by atoms with Gasteiger partial charge in [-0.2, -0.15) is 0 Å². The number of nitrogens with one attached hydrogen (secondary N) is 1. The molecule has 0 saturated heterocycles. The average molecular weight is 404 g/mol. The molecule has 0 atom stereocenters. The molecular weight excluding hydrogens is 380 g/mol. The summed E-state index contributed by atoms with van der Waals surface area (Å²) in [5, 5.41) is 4.50. The fourth-order valence-electron chi connectivity index (χ4n) is 3.05. The van der Waals surface area contributed by atoms with E-state index in [1.807, 2.05) is 67.6 Å². The first-order chi connectivity index (χ1) is 14.6. The molecule has 1 N–H and O–H groups in total. The number of esters is 1. The van der Waals surface area contributed by atoms with E-state index in [-0.39, 0.29) is 25.0 Å². The largest absolute Gasteiger partial charge is 0.454 e. The summed E-state index contributed by atoms with van der Waals surface area (Å²) in [6.07, 6.45) is 0. The molecule has 0 aliphatic heterocycles. The Balaban J connectivity index is 1.46. The number of amides is 2. The molecule has 154 valence electrons. The fourth-order valence-corrected chi connectivity index (χ4v) is 3.05. The van der Waals surface area contributed by atoms with Crippen molar-refractivity contribution < 1.29 is 19.1 Å². The van der Waals surface area contributed by atoms with Crippen LogP contribution in [0, 0.1) is 0 Å². The van der Waals surface area contributed by atoms with Gasteiger partial charge in [-0.05, 0) is 35.4 Å². The van der Waals surface area contributed by atoms with E-state index in [9.17, 15) is 14.4 Å². The summed E-state index contributed by atoms with van der Waals surface area (Å²) in [6.45, 7) is 2.16. The second kappa shape index (κ2) is 10.2. The average Bonchev–Trinajstić information content (AvgIpc) is 2.79. The molecule has 3 aromatic rings. The lowest BCUT2D eigenvalue weighted by molar-refractivity contribution is -0.151. The Bertz CT molecular complexity index is 1030. The lowest BCUT2D eigenvalue weighted by atomic mass is 10.1. The molecule has 0 saturated carbocycles. The quantitative estimate of drug-likeness (QED) is 0.585. The molecule has 6 nitrogen and oxygen atoms in total. The number of nitrogens with zero attached hydrogens (tertiary/aromatic N) is 1. The van der Waals surface area contributed by atoms with Crippen molar-refractivity contribution in [3.8, 4) is 0 Å². The third kappa shape index (κ3) is 5.67. The first-order valence-electron chi connectivity index (χ1n) is 9.81. The molecule has 0 fully saturated rings. The van der Waals surface area contributed by atoms with Crippen LogP contribution in [-0.4, -0.2) is 42.4 Å². The highest BCUT2D eigenvalue weighted by molar-refractivity contribution is 5.99. The second-order valence-electron chi connectivity index (χ2n) is 6.80. The van der Waals surface area contributed by atoms with Gasteiger partial charge < -0.3 is 15.0 Å². The van der Waals surface area contributed by atoms with E-state index in [0.717, 1.165) is 16.3 Å². The molecule has 0 radical (unpaired) electrons. The third-order valence-corrected chi connectivity index (χ3v) is 4.71. The summed E-state index contributed by atoms with van der Waals surface area (Å²) in [5.41, 5.74) is 1.46. The molecule has 3 rings (SSSR count). The first-order valence-corrected chi connectivity index (χ1v) is 9.81. The molecule has 0 bridgehead atoms. The summed E-state index contributed by atoms with van der Waals surface area (Å²) in [4.78, 5) is 38.2. The number of hydrogen-bond donors (Lipinski definition) is 1. The summed E-state index contributed by atoms with van der Waals surface area (Å²) >= 11 is 0. The number of hydrogen-bond acceptors (Lipinski definition) is 4. The molecular formula is C24H24N2O4. The predicted octanol–water partition coefficient (Wildman–Crippen LogP) is 3.16.